The Bertz CT molecular complexity index is 641. The quantitative estimate of drug-likeness (QED) is 0.791. The van der Waals surface area contributed by atoms with E-state index in [1.165, 1.54) is 4.31 Å². The molecule has 6 heteroatoms. The highest BCUT2D eigenvalue weighted by Gasteiger charge is 2.27. The van der Waals surface area contributed by atoms with Gasteiger partial charge in [0.05, 0.1) is 11.4 Å². The van der Waals surface area contributed by atoms with Crippen LogP contribution in [0.15, 0.2) is 23.1 Å². The molecule has 0 aliphatic carbocycles. The van der Waals surface area contributed by atoms with E-state index < -0.39 is 10.0 Å². The van der Waals surface area contributed by atoms with Crippen molar-refractivity contribution in [3.05, 3.63) is 29.3 Å². The van der Waals surface area contributed by atoms with E-state index in [0.717, 1.165) is 18.4 Å². The van der Waals surface area contributed by atoms with Crippen molar-refractivity contribution in [1.82, 2.24) is 9.62 Å². The fourth-order valence-electron chi connectivity index (χ4n) is 2.48. The molecule has 0 fully saturated rings. The number of sulfonamides is 1. The summed E-state index contributed by atoms with van der Waals surface area (Å²) < 4.78 is 26.9. The molecular formula is C17H28N2O3S. The number of hydrogen-bond donors (Lipinski definition) is 1. The smallest absolute Gasteiger partial charge is 0.243 e. The number of rotatable bonds is 8. The summed E-state index contributed by atoms with van der Waals surface area (Å²) in [5.74, 6) is -0.262. The summed E-state index contributed by atoms with van der Waals surface area (Å²) in [6.45, 7) is 9.44. The molecular weight excluding hydrogens is 312 g/mol. The van der Waals surface area contributed by atoms with Gasteiger partial charge in [0.2, 0.25) is 15.9 Å². The number of carbonyl (C=O) groups excluding carboxylic acids is 1. The van der Waals surface area contributed by atoms with Gasteiger partial charge >= 0.3 is 0 Å². The monoisotopic (exact) mass is 340 g/mol. The molecule has 0 heterocycles. The molecule has 130 valence electrons. The van der Waals surface area contributed by atoms with Crippen molar-refractivity contribution in [3.8, 4) is 0 Å². The largest absolute Gasteiger partial charge is 0.353 e. The van der Waals surface area contributed by atoms with Gasteiger partial charge in [-0.15, -0.1) is 0 Å². The van der Waals surface area contributed by atoms with Crippen molar-refractivity contribution in [1.29, 1.82) is 0 Å². The van der Waals surface area contributed by atoms with E-state index in [4.69, 9.17) is 0 Å². The molecule has 1 rings (SSSR count). The van der Waals surface area contributed by atoms with Crippen LogP contribution in [0.25, 0.3) is 0 Å². The summed E-state index contributed by atoms with van der Waals surface area (Å²) in [4.78, 5) is 12.4. The number of carbonyl (C=O) groups is 1. The van der Waals surface area contributed by atoms with Crippen LogP contribution >= 0.6 is 0 Å². The summed E-state index contributed by atoms with van der Waals surface area (Å²) in [5, 5.41) is 2.85. The maximum Gasteiger partial charge on any atom is 0.243 e. The molecule has 1 atom stereocenters. The fourth-order valence-corrected chi connectivity index (χ4v) is 4.19. The van der Waals surface area contributed by atoms with Gasteiger partial charge in [-0.3, -0.25) is 4.79 Å². The molecule has 5 nitrogen and oxygen atoms in total. The molecule has 23 heavy (non-hydrogen) atoms. The Labute approximate surface area is 140 Å². The number of amides is 1. The van der Waals surface area contributed by atoms with E-state index >= 15 is 0 Å². The second kappa shape index (κ2) is 8.45. The lowest BCUT2D eigenvalue weighted by Crippen LogP contribution is -2.43. The first-order chi connectivity index (χ1) is 10.7. The highest BCUT2D eigenvalue weighted by Crippen LogP contribution is 2.21. The molecule has 1 amide bonds. The third kappa shape index (κ3) is 5.32. The van der Waals surface area contributed by atoms with E-state index in [2.05, 4.69) is 5.32 Å². The molecule has 0 aromatic heterocycles. The lowest BCUT2D eigenvalue weighted by Gasteiger charge is -2.22. The third-order valence-corrected chi connectivity index (χ3v) is 5.83. The Balaban J connectivity index is 2.95. The van der Waals surface area contributed by atoms with Gasteiger partial charge in [0.1, 0.15) is 0 Å². The van der Waals surface area contributed by atoms with Gasteiger partial charge < -0.3 is 5.32 Å². The minimum atomic E-state index is -3.67. The lowest BCUT2D eigenvalue weighted by atomic mass is 10.2. The van der Waals surface area contributed by atoms with E-state index in [1.54, 1.807) is 26.0 Å². The molecule has 1 unspecified atom stereocenters. The van der Waals surface area contributed by atoms with Gasteiger partial charge in [-0.2, -0.15) is 4.31 Å². The number of likely N-dealkylation sites (N-methyl/N-ethyl adjacent to an activating group) is 1. The Morgan fingerprint density at radius 3 is 2.48 bits per heavy atom. The number of nitrogens with one attached hydrogen (secondary N) is 1. The van der Waals surface area contributed by atoms with Crippen molar-refractivity contribution in [3.63, 3.8) is 0 Å². The van der Waals surface area contributed by atoms with Crippen molar-refractivity contribution in [2.24, 2.45) is 0 Å². The van der Waals surface area contributed by atoms with Crippen LogP contribution in [0.5, 0.6) is 0 Å². The standard InChI is InChI=1S/C17H28N2O3S/c1-6-8-15(5)18-17(20)12-19(7-2)23(21,22)16-11-13(3)9-10-14(16)4/h9-11,15H,6-8,12H2,1-5H3,(H,18,20). The van der Waals surface area contributed by atoms with Gasteiger partial charge in [-0.25, -0.2) is 8.42 Å². The Hall–Kier alpha value is -1.40. The van der Waals surface area contributed by atoms with E-state index in [0.29, 0.717) is 5.56 Å². The minimum Gasteiger partial charge on any atom is -0.353 e. The normalized spacial score (nSPS) is 13.1. The minimum absolute atomic E-state index is 0.0506. The molecule has 0 saturated heterocycles. The number of aryl methyl sites for hydroxylation is 2. The second-order valence-electron chi connectivity index (χ2n) is 5.96. The van der Waals surface area contributed by atoms with Crippen LogP contribution in [0.3, 0.4) is 0 Å². The van der Waals surface area contributed by atoms with Gasteiger partial charge in [0.25, 0.3) is 0 Å². The number of nitrogens with zero attached hydrogens (tertiary/aromatic N) is 1. The van der Waals surface area contributed by atoms with Crippen molar-refractivity contribution in [2.45, 2.75) is 58.4 Å². The lowest BCUT2D eigenvalue weighted by molar-refractivity contribution is -0.121. The average Bonchev–Trinajstić information content (AvgIpc) is 2.47. The Kier molecular flexibility index (Phi) is 7.22. The molecule has 0 spiro atoms. The maximum absolute atomic E-state index is 12.8. The van der Waals surface area contributed by atoms with Crippen LogP contribution < -0.4 is 5.32 Å². The van der Waals surface area contributed by atoms with Crippen LogP contribution in [-0.4, -0.2) is 37.8 Å². The highest BCUT2D eigenvalue weighted by atomic mass is 32.2. The van der Waals surface area contributed by atoms with E-state index in [9.17, 15) is 13.2 Å². The first kappa shape index (κ1) is 19.6. The molecule has 0 aliphatic rings. The zero-order chi connectivity index (χ0) is 17.6. The SMILES string of the molecule is CCCC(C)NC(=O)CN(CC)S(=O)(=O)c1cc(C)ccc1C. The number of hydrogen-bond acceptors (Lipinski definition) is 3. The Morgan fingerprint density at radius 2 is 1.91 bits per heavy atom. The van der Waals surface area contributed by atoms with Crippen molar-refractivity contribution in [2.75, 3.05) is 13.1 Å². The summed E-state index contributed by atoms with van der Waals surface area (Å²) in [6.07, 6.45) is 1.85. The molecule has 0 bridgehead atoms. The summed E-state index contributed by atoms with van der Waals surface area (Å²) in [5.41, 5.74) is 1.57. The third-order valence-electron chi connectivity index (χ3n) is 3.76. The van der Waals surface area contributed by atoms with Crippen LogP contribution in [-0.2, 0) is 14.8 Å². The van der Waals surface area contributed by atoms with Gasteiger partial charge in [0, 0.05) is 12.6 Å². The Morgan fingerprint density at radius 1 is 1.26 bits per heavy atom. The molecule has 0 aliphatic heterocycles. The maximum atomic E-state index is 12.8. The highest BCUT2D eigenvalue weighted by molar-refractivity contribution is 7.89. The predicted octanol–water partition coefficient (Wildman–Crippen LogP) is 2.62. The van der Waals surface area contributed by atoms with Crippen LogP contribution in [0.4, 0.5) is 0 Å². The first-order valence-electron chi connectivity index (χ1n) is 8.09. The van der Waals surface area contributed by atoms with Crippen LogP contribution in [0.2, 0.25) is 0 Å². The zero-order valence-corrected chi connectivity index (χ0v) is 15.5. The van der Waals surface area contributed by atoms with Gasteiger partial charge in [-0.05, 0) is 44.4 Å². The summed E-state index contributed by atoms with van der Waals surface area (Å²) in [6, 6.07) is 5.38. The van der Waals surface area contributed by atoms with Crippen LogP contribution in [0, 0.1) is 13.8 Å². The summed E-state index contributed by atoms with van der Waals surface area (Å²) in [7, 11) is -3.67. The fraction of sp³-hybridized carbons (Fsp3) is 0.588. The van der Waals surface area contributed by atoms with Crippen molar-refractivity contribution >= 4 is 15.9 Å². The topological polar surface area (TPSA) is 66.5 Å². The molecule has 1 N–H and O–H groups in total. The molecule has 0 saturated carbocycles. The molecule has 0 radical (unpaired) electrons. The van der Waals surface area contributed by atoms with Gasteiger partial charge in [-0.1, -0.05) is 32.4 Å². The molecule has 1 aromatic rings. The average molecular weight is 340 g/mol. The second-order valence-corrected chi connectivity index (χ2v) is 7.86. The predicted molar refractivity (Wildman–Crippen MR) is 92.9 cm³/mol. The zero-order valence-electron chi connectivity index (χ0n) is 14.7. The van der Waals surface area contributed by atoms with E-state index in [1.807, 2.05) is 26.8 Å². The molecule has 1 aromatic carbocycles. The van der Waals surface area contributed by atoms with Gasteiger partial charge in [0.15, 0.2) is 0 Å². The van der Waals surface area contributed by atoms with E-state index in [-0.39, 0.29) is 29.9 Å². The van der Waals surface area contributed by atoms with Crippen molar-refractivity contribution < 1.29 is 13.2 Å². The summed E-state index contributed by atoms with van der Waals surface area (Å²) >= 11 is 0. The van der Waals surface area contributed by atoms with Crippen LogP contribution in [0.1, 0.15) is 44.7 Å². The first-order valence-corrected chi connectivity index (χ1v) is 9.53. The number of benzene rings is 1.